The average molecular weight is 334 g/mol. The first-order valence-electron chi connectivity index (χ1n) is 5.32. The van der Waals surface area contributed by atoms with Crippen molar-refractivity contribution in [3.05, 3.63) is 25.3 Å². The van der Waals surface area contributed by atoms with Crippen molar-refractivity contribution in [1.82, 2.24) is 0 Å². The van der Waals surface area contributed by atoms with Gasteiger partial charge in [-0.25, -0.2) is 0 Å². The van der Waals surface area contributed by atoms with Crippen molar-refractivity contribution in [2.24, 2.45) is 11.5 Å². The fourth-order valence-electron chi connectivity index (χ4n) is 0. The molecule has 0 saturated heterocycles. The molecule has 4 N–H and O–H groups in total. The van der Waals surface area contributed by atoms with Gasteiger partial charge in [0, 0.05) is 12.4 Å². The number of rotatable bonds is 4. The third-order valence-corrected chi connectivity index (χ3v) is 1.00. The summed E-state index contributed by atoms with van der Waals surface area (Å²) in [7, 11) is 0. The second-order valence-electron chi connectivity index (χ2n) is 2.68. The number of hydrogen-bond acceptors (Lipinski definition) is 6. The minimum atomic E-state index is -1.23. The monoisotopic (exact) mass is 334 g/mol. The van der Waals surface area contributed by atoms with Gasteiger partial charge in [-0.1, -0.05) is 27.0 Å². The van der Waals surface area contributed by atoms with Gasteiger partial charge >= 0.3 is 59.1 Å². The summed E-state index contributed by atoms with van der Waals surface area (Å²) in [5.74, 6) is -2.95. The van der Waals surface area contributed by atoms with E-state index in [9.17, 15) is 19.5 Å². The van der Waals surface area contributed by atoms with Crippen LogP contribution in [0.15, 0.2) is 25.3 Å². The van der Waals surface area contributed by atoms with E-state index in [4.69, 9.17) is 9.90 Å². The first-order valence-corrected chi connectivity index (χ1v) is 5.32. The molecule has 0 saturated carbocycles. The molecule has 0 aliphatic rings. The Balaban J connectivity index is -0.0000000376. The van der Waals surface area contributed by atoms with Gasteiger partial charge in [-0.2, -0.15) is 0 Å². The van der Waals surface area contributed by atoms with Crippen LogP contribution in [0.25, 0.3) is 0 Å². The third-order valence-electron chi connectivity index (χ3n) is 1.00. The Morgan fingerprint density at radius 3 is 1.09 bits per heavy atom. The second-order valence-corrected chi connectivity index (χ2v) is 2.68. The fraction of sp³-hybridized carbons (Fsp3) is 0.333. The van der Waals surface area contributed by atoms with E-state index in [1.807, 2.05) is 0 Å². The molecule has 0 aromatic carbocycles. The van der Waals surface area contributed by atoms with E-state index in [0.29, 0.717) is 6.42 Å². The van der Waals surface area contributed by atoms with Crippen LogP contribution in [0.2, 0.25) is 0 Å². The van der Waals surface area contributed by atoms with Crippen LogP contribution in [-0.2, 0) is 19.2 Å². The van der Waals surface area contributed by atoms with Crippen LogP contribution in [0.4, 0.5) is 0 Å². The van der Waals surface area contributed by atoms with Crippen LogP contribution < -0.4 is 80.8 Å². The molecular formula is C12H20N2Na2O6. The molecule has 0 aromatic rings. The fourth-order valence-corrected chi connectivity index (χ4v) is 0. The molecule has 116 valence electrons. The Hall–Kier alpha value is -0.640. The van der Waals surface area contributed by atoms with Crippen molar-refractivity contribution in [1.29, 1.82) is 0 Å². The van der Waals surface area contributed by atoms with Crippen molar-refractivity contribution < 1.29 is 88.5 Å². The molecule has 10 heteroatoms. The molecule has 0 heterocycles. The van der Waals surface area contributed by atoms with Crippen molar-refractivity contribution >= 4 is 23.8 Å². The van der Waals surface area contributed by atoms with Crippen LogP contribution in [0.1, 0.15) is 26.7 Å². The number of nitrogens with two attached hydrogens (primary N) is 2. The zero-order valence-electron chi connectivity index (χ0n) is 13.6. The van der Waals surface area contributed by atoms with Gasteiger partial charge in [0.2, 0.25) is 11.8 Å². The molecule has 0 atom stereocenters. The van der Waals surface area contributed by atoms with Crippen LogP contribution >= 0.6 is 0 Å². The van der Waals surface area contributed by atoms with E-state index >= 15 is 0 Å². The number of amides is 2. The summed E-state index contributed by atoms with van der Waals surface area (Å²) in [6.07, 6.45) is 2.33. The third kappa shape index (κ3) is 120. The van der Waals surface area contributed by atoms with Crippen LogP contribution in [0.3, 0.4) is 0 Å². The summed E-state index contributed by atoms with van der Waals surface area (Å²) in [4.78, 5) is 37.5. The number of carboxylic acids is 2. The molecule has 0 spiro atoms. The van der Waals surface area contributed by atoms with Crippen LogP contribution in [0.5, 0.6) is 0 Å². The van der Waals surface area contributed by atoms with Gasteiger partial charge in [-0.05, 0) is 18.6 Å². The molecule has 2 amide bonds. The van der Waals surface area contributed by atoms with Crippen molar-refractivity contribution in [2.45, 2.75) is 26.7 Å². The van der Waals surface area contributed by atoms with Crippen LogP contribution in [-0.4, -0.2) is 23.8 Å². The Morgan fingerprint density at radius 2 is 1.09 bits per heavy atom. The SMILES string of the molecule is C=CC(=O)[O-].C=CC(N)=O.CCC(=O)[O-].CCC(N)=O.[Na+].[Na+]. The van der Waals surface area contributed by atoms with E-state index in [2.05, 4.69) is 24.6 Å². The van der Waals surface area contributed by atoms with Gasteiger partial charge in [0.15, 0.2) is 0 Å². The Bertz CT molecular complexity index is 304. The van der Waals surface area contributed by atoms with Gasteiger partial charge in [0.25, 0.3) is 0 Å². The molecule has 0 radical (unpaired) electrons. The minimum absolute atomic E-state index is 0. The first kappa shape index (κ1) is 37.5. The summed E-state index contributed by atoms with van der Waals surface area (Å²) >= 11 is 0. The first-order chi connectivity index (χ1) is 9.08. The number of primary amides is 2. The molecule has 0 aliphatic heterocycles. The molecular weight excluding hydrogens is 314 g/mol. The van der Waals surface area contributed by atoms with E-state index in [-0.39, 0.29) is 71.4 Å². The number of carboxylic acid groups (broad SMARTS) is 2. The standard InChI is InChI=1S/C3H7NO.C3H5NO.C3H6O2.C3H4O2.2Na/c4*1-2-3(4)5;;/h2H2,1H3,(H2,4,5);2H,1H2,(H2,4,5);2H2,1H3,(H,4,5);2H,1H2,(H,4,5);;/q;;;;2*+1/p-2. The van der Waals surface area contributed by atoms with Gasteiger partial charge in [-0.15, -0.1) is 0 Å². The summed E-state index contributed by atoms with van der Waals surface area (Å²) in [6.45, 7) is 9.25. The predicted octanol–water partition coefficient (Wildman–Crippen LogP) is -8.38. The van der Waals surface area contributed by atoms with Gasteiger partial charge in [0.05, 0.1) is 5.97 Å². The predicted molar refractivity (Wildman–Crippen MR) is 69.4 cm³/mol. The molecule has 0 aliphatic carbocycles. The number of carbonyl (C=O) groups is 4. The summed E-state index contributed by atoms with van der Waals surface area (Å²) in [5.41, 5.74) is 9.19. The zero-order chi connectivity index (χ0) is 17.1. The second kappa shape index (κ2) is 32.3. The van der Waals surface area contributed by atoms with E-state index in [1.54, 1.807) is 6.92 Å². The zero-order valence-corrected chi connectivity index (χ0v) is 17.6. The molecule has 0 aromatic heterocycles. The summed E-state index contributed by atoms with van der Waals surface area (Å²) < 4.78 is 0. The van der Waals surface area contributed by atoms with E-state index in [0.717, 1.165) is 12.2 Å². The van der Waals surface area contributed by atoms with Gasteiger partial charge in [0.1, 0.15) is 0 Å². The Kier molecular flexibility index (Phi) is 55.2. The average Bonchev–Trinajstić information content (AvgIpc) is 2.40. The maximum atomic E-state index is 9.59. The smallest absolute Gasteiger partial charge is 0.550 e. The number of hydrogen-bond donors (Lipinski definition) is 2. The normalized spacial score (nSPS) is 6.27. The van der Waals surface area contributed by atoms with Crippen molar-refractivity contribution in [3.63, 3.8) is 0 Å². The molecule has 0 fully saturated rings. The summed E-state index contributed by atoms with van der Waals surface area (Å²) in [5, 5.41) is 18.4. The Labute approximate surface area is 174 Å². The van der Waals surface area contributed by atoms with E-state index in [1.165, 1.54) is 6.92 Å². The van der Waals surface area contributed by atoms with Gasteiger partial charge < -0.3 is 31.3 Å². The molecule has 22 heavy (non-hydrogen) atoms. The van der Waals surface area contributed by atoms with E-state index < -0.39 is 17.8 Å². The molecule has 8 nitrogen and oxygen atoms in total. The molecule has 0 unspecified atom stereocenters. The number of aliphatic carboxylic acids is 2. The van der Waals surface area contributed by atoms with Crippen LogP contribution in [0, 0.1) is 0 Å². The van der Waals surface area contributed by atoms with Crippen molar-refractivity contribution in [3.8, 4) is 0 Å². The maximum Gasteiger partial charge on any atom is 1.00 e. The molecule has 0 rings (SSSR count). The Morgan fingerprint density at radius 1 is 0.909 bits per heavy atom. The topological polar surface area (TPSA) is 166 Å². The largest absolute Gasteiger partial charge is 1.00 e. The van der Waals surface area contributed by atoms with Gasteiger partial charge in [-0.3, -0.25) is 9.59 Å². The quantitative estimate of drug-likeness (QED) is 0.382. The summed E-state index contributed by atoms with van der Waals surface area (Å²) in [6, 6.07) is 0. The number of carbonyl (C=O) groups excluding carboxylic acids is 4. The maximum absolute atomic E-state index is 9.59. The van der Waals surface area contributed by atoms with Crippen molar-refractivity contribution in [2.75, 3.05) is 0 Å². The minimum Gasteiger partial charge on any atom is -0.550 e. The molecule has 0 bridgehead atoms.